The van der Waals surface area contributed by atoms with Gasteiger partial charge < -0.3 is 10.1 Å². The molecule has 0 fully saturated rings. The molecule has 0 unspecified atom stereocenters. The Hall–Kier alpha value is -1.40. The van der Waals surface area contributed by atoms with Crippen LogP contribution in [0.4, 0.5) is 0 Å². The van der Waals surface area contributed by atoms with E-state index in [4.69, 9.17) is 16.7 Å². The van der Waals surface area contributed by atoms with Crippen molar-refractivity contribution in [1.82, 2.24) is 19.5 Å². The molecule has 0 aliphatic rings. The Bertz CT molecular complexity index is 575. The fraction of sp³-hybridized carbons (Fsp3) is 0.444. The second-order valence-electron chi connectivity index (χ2n) is 3.42. The Balaban J connectivity index is 2.64. The second kappa shape index (κ2) is 4.23. The molecule has 2 heterocycles. The summed E-state index contributed by atoms with van der Waals surface area (Å²) in [6.07, 6.45) is 0.494. The van der Waals surface area contributed by atoms with Gasteiger partial charge in [0.1, 0.15) is 11.3 Å². The number of nitrogens with zero attached hydrogens (tertiary/aromatic N) is 3. The Morgan fingerprint density at radius 1 is 1.50 bits per heavy atom. The minimum atomic E-state index is -0.287. The fourth-order valence-corrected chi connectivity index (χ4v) is 1.79. The maximum Gasteiger partial charge on any atom is 0.327 e. The molecule has 86 valence electrons. The van der Waals surface area contributed by atoms with Gasteiger partial charge in [0.2, 0.25) is 0 Å². The van der Waals surface area contributed by atoms with E-state index in [1.165, 1.54) is 4.57 Å². The molecule has 0 amide bonds. The van der Waals surface area contributed by atoms with Gasteiger partial charge in [-0.15, -0.1) is 0 Å². The minimum absolute atomic E-state index is 0.0247. The number of rotatable bonds is 3. The van der Waals surface area contributed by atoms with Gasteiger partial charge in [0.15, 0.2) is 10.8 Å². The van der Waals surface area contributed by atoms with Crippen molar-refractivity contribution >= 4 is 22.8 Å². The van der Waals surface area contributed by atoms with Gasteiger partial charge in [-0.2, -0.15) is 0 Å². The molecule has 0 aliphatic heterocycles. The van der Waals surface area contributed by atoms with Crippen LogP contribution in [0.15, 0.2) is 4.79 Å². The first kappa shape index (κ1) is 11.1. The molecule has 2 aromatic rings. The Morgan fingerprint density at radius 3 is 2.94 bits per heavy atom. The molecule has 0 bridgehead atoms. The number of aliphatic hydroxyl groups is 1. The van der Waals surface area contributed by atoms with Gasteiger partial charge in [-0.05, 0) is 13.3 Å². The second-order valence-corrected chi connectivity index (χ2v) is 3.78. The lowest BCUT2D eigenvalue weighted by atomic mass is 10.4. The molecule has 2 N–H and O–H groups in total. The highest BCUT2D eigenvalue weighted by molar-refractivity contribution is 6.33. The summed E-state index contributed by atoms with van der Waals surface area (Å²) in [6, 6.07) is 0. The molecule has 7 heteroatoms. The fourth-order valence-electron chi connectivity index (χ4n) is 1.53. The van der Waals surface area contributed by atoms with Gasteiger partial charge in [0, 0.05) is 13.2 Å². The number of H-pyrrole nitrogens is 1. The first-order valence-electron chi connectivity index (χ1n) is 4.87. The van der Waals surface area contributed by atoms with Crippen molar-refractivity contribution in [2.75, 3.05) is 6.61 Å². The smallest absolute Gasteiger partial charge is 0.327 e. The van der Waals surface area contributed by atoms with Crippen molar-refractivity contribution in [3.05, 3.63) is 21.5 Å². The van der Waals surface area contributed by atoms with Crippen LogP contribution in [-0.4, -0.2) is 31.2 Å². The van der Waals surface area contributed by atoms with Crippen LogP contribution >= 0.6 is 11.6 Å². The zero-order valence-electron chi connectivity index (χ0n) is 8.70. The SMILES string of the molecule is Cc1nc(Cl)c2[nH]c(=O)n(CCCO)c2n1. The number of aryl methyl sites for hydroxylation is 2. The van der Waals surface area contributed by atoms with Crippen molar-refractivity contribution in [1.29, 1.82) is 0 Å². The van der Waals surface area contributed by atoms with E-state index in [1.54, 1.807) is 6.92 Å². The lowest BCUT2D eigenvalue weighted by molar-refractivity contribution is 0.280. The predicted molar refractivity (Wildman–Crippen MR) is 59.6 cm³/mol. The Labute approximate surface area is 95.9 Å². The number of hydrogen-bond acceptors (Lipinski definition) is 4. The van der Waals surface area contributed by atoms with Crippen LogP contribution < -0.4 is 5.69 Å². The average molecular weight is 243 g/mol. The molecule has 0 saturated heterocycles. The third-order valence-corrected chi connectivity index (χ3v) is 2.50. The van der Waals surface area contributed by atoms with E-state index in [0.717, 1.165) is 0 Å². The van der Waals surface area contributed by atoms with Crippen molar-refractivity contribution in [2.24, 2.45) is 0 Å². The first-order valence-corrected chi connectivity index (χ1v) is 5.25. The van der Waals surface area contributed by atoms with Crippen molar-refractivity contribution in [2.45, 2.75) is 19.9 Å². The molecule has 0 saturated carbocycles. The highest BCUT2D eigenvalue weighted by Crippen LogP contribution is 2.16. The maximum absolute atomic E-state index is 11.6. The summed E-state index contributed by atoms with van der Waals surface area (Å²) < 4.78 is 1.45. The van der Waals surface area contributed by atoms with E-state index in [9.17, 15) is 4.79 Å². The highest BCUT2D eigenvalue weighted by Gasteiger charge is 2.12. The number of nitrogens with one attached hydrogen (secondary N) is 1. The molecule has 2 rings (SSSR count). The molecule has 2 aromatic heterocycles. The standard InChI is InChI=1S/C9H11ClN4O2/c1-5-11-7(10)6-8(12-5)14(3-2-4-15)9(16)13-6/h15H,2-4H2,1H3,(H,13,16). The number of imidazole rings is 1. The van der Waals surface area contributed by atoms with Crippen LogP contribution in [0.3, 0.4) is 0 Å². The summed E-state index contributed by atoms with van der Waals surface area (Å²) in [5.41, 5.74) is 0.636. The van der Waals surface area contributed by atoms with Crippen LogP contribution in [0, 0.1) is 6.92 Å². The van der Waals surface area contributed by atoms with E-state index >= 15 is 0 Å². The van der Waals surface area contributed by atoms with E-state index in [2.05, 4.69) is 15.0 Å². The van der Waals surface area contributed by atoms with Crippen LogP contribution in [-0.2, 0) is 6.54 Å². The molecule has 0 aliphatic carbocycles. The summed E-state index contributed by atoms with van der Waals surface area (Å²) in [5.74, 6) is 0.509. The monoisotopic (exact) mass is 242 g/mol. The Morgan fingerprint density at radius 2 is 2.25 bits per heavy atom. The van der Waals surface area contributed by atoms with Crippen molar-refractivity contribution in [3.63, 3.8) is 0 Å². The molecule has 16 heavy (non-hydrogen) atoms. The van der Waals surface area contributed by atoms with E-state index in [1.807, 2.05) is 0 Å². The lowest BCUT2D eigenvalue weighted by Crippen LogP contribution is -2.17. The van der Waals surface area contributed by atoms with Crippen molar-refractivity contribution in [3.8, 4) is 0 Å². The summed E-state index contributed by atoms with van der Waals surface area (Å²) in [5, 5.41) is 8.99. The molecule has 0 aromatic carbocycles. The van der Waals surface area contributed by atoms with E-state index < -0.39 is 0 Å². The van der Waals surface area contributed by atoms with Crippen LogP contribution in [0.5, 0.6) is 0 Å². The number of aromatic amines is 1. The summed E-state index contributed by atoms with van der Waals surface area (Å²) in [6.45, 7) is 2.14. The third kappa shape index (κ3) is 1.81. The molecular weight excluding hydrogens is 232 g/mol. The lowest BCUT2D eigenvalue weighted by Gasteiger charge is -2.01. The van der Waals surface area contributed by atoms with Gasteiger partial charge in [0.25, 0.3) is 0 Å². The molecule has 0 radical (unpaired) electrons. The molecule has 0 atom stereocenters. The normalized spacial score (nSPS) is 11.2. The first-order chi connectivity index (χ1) is 7.63. The summed E-state index contributed by atoms with van der Waals surface area (Å²) in [7, 11) is 0. The van der Waals surface area contributed by atoms with Gasteiger partial charge in [-0.25, -0.2) is 14.8 Å². The number of hydrogen-bond donors (Lipinski definition) is 2. The average Bonchev–Trinajstić information content (AvgIpc) is 2.53. The molecular formula is C9H11ClN4O2. The topological polar surface area (TPSA) is 83.8 Å². The zero-order valence-corrected chi connectivity index (χ0v) is 9.45. The largest absolute Gasteiger partial charge is 0.396 e. The highest BCUT2D eigenvalue weighted by atomic mass is 35.5. The number of halogens is 1. The summed E-state index contributed by atoms with van der Waals surface area (Å²) in [4.78, 5) is 22.3. The van der Waals surface area contributed by atoms with Gasteiger partial charge in [-0.3, -0.25) is 4.57 Å². The van der Waals surface area contributed by atoms with Crippen molar-refractivity contribution < 1.29 is 5.11 Å². The number of aromatic nitrogens is 4. The van der Waals surface area contributed by atoms with Crippen LogP contribution in [0.1, 0.15) is 12.2 Å². The third-order valence-electron chi connectivity index (χ3n) is 2.23. The van der Waals surface area contributed by atoms with Gasteiger partial charge in [-0.1, -0.05) is 11.6 Å². The minimum Gasteiger partial charge on any atom is -0.396 e. The molecule has 6 nitrogen and oxygen atoms in total. The zero-order chi connectivity index (χ0) is 11.7. The van der Waals surface area contributed by atoms with Crippen LogP contribution in [0.25, 0.3) is 11.2 Å². The van der Waals surface area contributed by atoms with Gasteiger partial charge in [0.05, 0.1) is 0 Å². The van der Waals surface area contributed by atoms with Crippen LogP contribution in [0.2, 0.25) is 5.15 Å². The number of aliphatic hydroxyl groups excluding tert-OH is 1. The van der Waals surface area contributed by atoms with E-state index in [-0.39, 0.29) is 17.4 Å². The maximum atomic E-state index is 11.6. The van der Waals surface area contributed by atoms with E-state index in [0.29, 0.717) is 30.0 Å². The quantitative estimate of drug-likeness (QED) is 0.766. The predicted octanol–water partition coefficient (Wildman–Crippen LogP) is 0.464. The molecule has 0 spiro atoms. The van der Waals surface area contributed by atoms with Gasteiger partial charge >= 0.3 is 5.69 Å². The summed E-state index contributed by atoms with van der Waals surface area (Å²) >= 11 is 5.90. The number of fused-ring (bicyclic) bond motifs is 1. The Kier molecular flexibility index (Phi) is 2.93.